The van der Waals surface area contributed by atoms with E-state index in [2.05, 4.69) is 16.0 Å². The van der Waals surface area contributed by atoms with Gasteiger partial charge in [-0.05, 0) is 49.6 Å². The van der Waals surface area contributed by atoms with Crippen molar-refractivity contribution in [2.45, 2.75) is 38.6 Å². The molecule has 0 atom stereocenters. The second-order valence-corrected chi connectivity index (χ2v) is 7.66. The summed E-state index contributed by atoms with van der Waals surface area (Å²) in [5.41, 5.74) is 1.91. The van der Waals surface area contributed by atoms with E-state index < -0.39 is 11.7 Å². The van der Waals surface area contributed by atoms with E-state index in [0.717, 1.165) is 36.6 Å². The van der Waals surface area contributed by atoms with Gasteiger partial charge in [0.1, 0.15) is 5.58 Å². The predicted octanol–water partition coefficient (Wildman–Crippen LogP) is 5.75. The first kappa shape index (κ1) is 19.3. The fourth-order valence-corrected chi connectivity index (χ4v) is 3.87. The van der Waals surface area contributed by atoms with E-state index in [4.69, 9.17) is 16.0 Å². The number of carbonyl (C=O) groups excluding carboxylic acids is 1. The lowest BCUT2D eigenvalue weighted by Gasteiger charge is -2.19. The van der Waals surface area contributed by atoms with Crippen LogP contribution in [0.2, 0.25) is 5.02 Å². The van der Waals surface area contributed by atoms with Crippen LogP contribution in [0.3, 0.4) is 0 Å². The Kier molecular flexibility index (Phi) is 5.45. The summed E-state index contributed by atoms with van der Waals surface area (Å²) in [7, 11) is 0. The molecule has 0 aliphatic heterocycles. The lowest BCUT2D eigenvalue weighted by Crippen LogP contribution is -2.26. The van der Waals surface area contributed by atoms with Crippen LogP contribution >= 0.6 is 11.6 Å². The SMILES string of the molecule is Cc1c(Cl)cccc1NC(=O)Nc1c(NC2CCCC2)c2ccccc2oc1=O. The number of nitrogens with one attached hydrogen (secondary N) is 3. The Morgan fingerprint density at radius 2 is 1.79 bits per heavy atom. The van der Waals surface area contributed by atoms with Gasteiger partial charge in [0, 0.05) is 22.1 Å². The quantitative estimate of drug-likeness (QED) is 0.477. The van der Waals surface area contributed by atoms with Gasteiger partial charge in [0.15, 0.2) is 5.69 Å². The van der Waals surface area contributed by atoms with Gasteiger partial charge < -0.3 is 15.1 Å². The molecule has 0 unspecified atom stereocenters. The van der Waals surface area contributed by atoms with E-state index >= 15 is 0 Å². The maximum atomic E-state index is 12.7. The fraction of sp³-hybridized carbons (Fsp3) is 0.273. The molecule has 1 aromatic heterocycles. The number of urea groups is 1. The van der Waals surface area contributed by atoms with Crippen molar-refractivity contribution >= 4 is 45.7 Å². The minimum absolute atomic E-state index is 0.104. The average molecular weight is 412 g/mol. The van der Waals surface area contributed by atoms with Gasteiger partial charge in [0.25, 0.3) is 0 Å². The van der Waals surface area contributed by atoms with Crippen LogP contribution in [-0.2, 0) is 0 Å². The first-order valence-corrected chi connectivity index (χ1v) is 10.1. The lowest BCUT2D eigenvalue weighted by atomic mass is 10.1. The molecule has 0 bridgehead atoms. The third kappa shape index (κ3) is 4.07. The number of hydrogen-bond donors (Lipinski definition) is 3. The van der Waals surface area contributed by atoms with Crippen molar-refractivity contribution in [2.75, 3.05) is 16.0 Å². The zero-order valence-corrected chi connectivity index (χ0v) is 16.8. The molecule has 7 heteroatoms. The molecule has 3 N–H and O–H groups in total. The van der Waals surface area contributed by atoms with Crippen molar-refractivity contribution in [2.24, 2.45) is 0 Å². The van der Waals surface area contributed by atoms with Gasteiger partial charge in [-0.25, -0.2) is 9.59 Å². The van der Waals surface area contributed by atoms with Gasteiger partial charge in [0.05, 0.1) is 5.69 Å². The maximum Gasteiger partial charge on any atom is 0.362 e. The van der Waals surface area contributed by atoms with Gasteiger partial charge in [-0.3, -0.25) is 5.32 Å². The topological polar surface area (TPSA) is 83.4 Å². The summed E-state index contributed by atoms with van der Waals surface area (Å²) in [6.45, 7) is 1.81. The van der Waals surface area contributed by atoms with Gasteiger partial charge >= 0.3 is 11.7 Å². The number of fused-ring (bicyclic) bond motifs is 1. The Morgan fingerprint density at radius 3 is 2.59 bits per heavy atom. The molecule has 150 valence electrons. The van der Waals surface area contributed by atoms with Gasteiger partial charge in [0.2, 0.25) is 0 Å². The molecule has 1 aliphatic rings. The second-order valence-electron chi connectivity index (χ2n) is 7.25. The largest absolute Gasteiger partial charge is 0.421 e. The molecular weight excluding hydrogens is 390 g/mol. The number of hydrogen-bond acceptors (Lipinski definition) is 4. The van der Waals surface area contributed by atoms with Crippen LogP contribution in [0.25, 0.3) is 11.0 Å². The van der Waals surface area contributed by atoms with Gasteiger partial charge in [-0.1, -0.05) is 42.6 Å². The van der Waals surface area contributed by atoms with E-state index in [0.29, 0.717) is 22.0 Å². The summed E-state index contributed by atoms with van der Waals surface area (Å²) < 4.78 is 5.43. The zero-order valence-electron chi connectivity index (χ0n) is 16.0. The lowest BCUT2D eigenvalue weighted by molar-refractivity contribution is 0.262. The molecule has 3 aromatic rings. The summed E-state index contributed by atoms with van der Waals surface area (Å²) in [6.07, 6.45) is 4.35. The van der Waals surface area contributed by atoms with Crippen molar-refractivity contribution < 1.29 is 9.21 Å². The zero-order chi connectivity index (χ0) is 20.4. The van der Waals surface area contributed by atoms with Crippen molar-refractivity contribution in [3.8, 4) is 0 Å². The summed E-state index contributed by atoms with van der Waals surface area (Å²) in [5.74, 6) is 0. The highest BCUT2D eigenvalue weighted by atomic mass is 35.5. The smallest absolute Gasteiger partial charge is 0.362 e. The molecule has 2 aromatic carbocycles. The summed E-state index contributed by atoms with van der Waals surface area (Å²) in [4.78, 5) is 25.3. The number of anilines is 3. The van der Waals surface area contributed by atoms with Crippen molar-refractivity contribution in [3.05, 3.63) is 63.5 Å². The number of amides is 2. The molecule has 1 heterocycles. The molecule has 4 rings (SSSR count). The minimum Gasteiger partial charge on any atom is -0.421 e. The molecule has 0 radical (unpaired) electrons. The van der Waals surface area contributed by atoms with E-state index in [-0.39, 0.29) is 11.7 Å². The van der Waals surface area contributed by atoms with Crippen LogP contribution in [0.15, 0.2) is 51.7 Å². The first-order valence-electron chi connectivity index (χ1n) is 9.68. The van der Waals surface area contributed by atoms with E-state index in [1.165, 1.54) is 0 Å². The molecule has 6 nitrogen and oxygen atoms in total. The first-order chi connectivity index (χ1) is 14.0. The Morgan fingerprint density at radius 1 is 1.03 bits per heavy atom. The Bertz CT molecular complexity index is 1120. The highest BCUT2D eigenvalue weighted by Crippen LogP contribution is 2.32. The average Bonchev–Trinajstić information content (AvgIpc) is 3.21. The van der Waals surface area contributed by atoms with E-state index in [9.17, 15) is 9.59 Å². The molecule has 1 fully saturated rings. The number of carbonyl (C=O) groups is 1. The highest BCUT2D eigenvalue weighted by molar-refractivity contribution is 6.31. The van der Waals surface area contributed by atoms with Gasteiger partial charge in [-0.2, -0.15) is 0 Å². The molecule has 1 aliphatic carbocycles. The Balaban J connectivity index is 1.68. The van der Waals surface area contributed by atoms with Crippen molar-refractivity contribution in [3.63, 3.8) is 0 Å². The fourth-order valence-electron chi connectivity index (χ4n) is 3.70. The normalized spacial score (nSPS) is 14.1. The van der Waals surface area contributed by atoms with Crippen molar-refractivity contribution in [1.29, 1.82) is 0 Å². The molecule has 1 saturated carbocycles. The van der Waals surface area contributed by atoms with E-state index in [1.807, 2.05) is 25.1 Å². The summed E-state index contributed by atoms with van der Waals surface area (Å²) in [5, 5.41) is 10.2. The standard InChI is InChI=1S/C22H22ClN3O3/c1-13-16(23)10-6-11-17(13)25-22(28)26-20-19(24-14-7-2-3-8-14)15-9-4-5-12-18(15)29-21(20)27/h4-6,9-12,14,24H,2-3,7-8H2,1H3,(H2,25,26,28). The molecule has 29 heavy (non-hydrogen) atoms. The minimum atomic E-state index is -0.595. The third-order valence-electron chi connectivity index (χ3n) is 5.27. The predicted molar refractivity (Wildman–Crippen MR) is 117 cm³/mol. The van der Waals surface area contributed by atoms with Crippen molar-refractivity contribution in [1.82, 2.24) is 0 Å². The van der Waals surface area contributed by atoms with Crippen LogP contribution < -0.4 is 21.6 Å². The summed E-state index contributed by atoms with van der Waals surface area (Å²) in [6, 6.07) is 12.3. The molecular formula is C22H22ClN3O3. The number of rotatable bonds is 4. The van der Waals surface area contributed by atoms with Gasteiger partial charge in [-0.15, -0.1) is 0 Å². The number of benzene rings is 2. The van der Waals surface area contributed by atoms with Crippen LogP contribution in [0.4, 0.5) is 21.9 Å². The van der Waals surface area contributed by atoms with Crippen LogP contribution in [0.1, 0.15) is 31.2 Å². The molecule has 2 amide bonds. The Hall–Kier alpha value is -2.99. The number of halogens is 1. The monoisotopic (exact) mass is 411 g/mol. The molecule has 0 spiro atoms. The maximum absolute atomic E-state index is 12.7. The Labute approximate surface area is 173 Å². The summed E-state index contributed by atoms with van der Waals surface area (Å²) >= 11 is 6.12. The van der Waals surface area contributed by atoms with Crippen LogP contribution in [0.5, 0.6) is 0 Å². The number of para-hydroxylation sites is 1. The highest BCUT2D eigenvalue weighted by Gasteiger charge is 2.22. The molecule has 0 saturated heterocycles. The third-order valence-corrected chi connectivity index (χ3v) is 5.68. The van der Waals surface area contributed by atoms with Crippen LogP contribution in [0, 0.1) is 6.92 Å². The van der Waals surface area contributed by atoms with E-state index in [1.54, 1.807) is 24.3 Å². The second kappa shape index (κ2) is 8.17. The van der Waals surface area contributed by atoms with Crippen LogP contribution in [-0.4, -0.2) is 12.1 Å².